The van der Waals surface area contributed by atoms with Crippen LogP contribution in [0.3, 0.4) is 0 Å². The van der Waals surface area contributed by atoms with Gasteiger partial charge in [-0.2, -0.15) is 4.98 Å². The van der Waals surface area contributed by atoms with Crippen molar-refractivity contribution in [3.05, 3.63) is 54.5 Å². The summed E-state index contributed by atoms with van der Waals surface area (Å²) in [6, 6.07) is 12.2. The Morgan fingerprint density at radius 1 is 1.00 bits per heavy atom. The van der Waals surface area contributed by atoms with Crippen LogP contribution in [0, 0.1) is 5.82 Å². The number of hydrogen-bond acceptors (Lipinski definition) is 7. The topological polar surface area (TPSA) is 88.5 Å². The number of benzene rings is 2. The first-order valence-corrected chi connectivity index (χ1v) is 8.25. The average molecular weight is 365 g/mol. The first-order chi connectivity index (χ1) is 13.2. The summed E-state index contributed by atoms with van der Waals surface area (Å²) in [7, 11) is 0.969. The average Bonchev–Trinajstić information content (AvgIpc) is 2.70. The number of anilines is 4. The molecule has 0 spiro atoms. The van der Waals surface area contributed by atoms with E-state index < -0.39 is 5.82 Å². The molecular weight excluding hydrogens is 350 g/mol. The molecule has 3 aromatic rings. The van der Waals surface area contributed by atoms with E-state index in [0.29, 0.717) is 41.6 Å². The summed E-state index contributed by atoms with van der Waals surface area (Å²) >= 11 is 0. The van der Waals surface area contributed by atoms with Gasteiger partial charge in [0, 0.05) is 17.4 Å². The first kappa shape index (κ1) is 17.1. The number of nitrogens with one attached hydrogen (secondary N) is 2. The highest BCUT2D eigenvalue weighted by molar-refractivity contribution is 6.45. The van der Waals surface area contributed by atoms with Crippen LogP contribution in [0.2, 0.25) is 0 Å². The minimum absolute atomic E-state index is 0.0140. The largest absolute Gasteiger partial charge is 0.486 e. The number of halogens is 1. The monoisotopic (exact) mass is 365 g/mol. The molecule has 1 aliphatic heterocycles. The Kier molecular flexibility index (Phi) is 4.76. The molecule has 0 unspecified atom stereocenters. The Balaban J connectivity index is 1.55. The quantitative estimate of drug-likeness (QED) is 0.597. The maximum absolute atomic E-state index is 14.1. The number of rotatable bonds is 5. The van der Waals surface area contributed by atoms with E-state index >= 15 is 0 Å². The molecule has 0 aliphatic carbocycles. The van der Waals surface area contributed by atoms with E-state index in [1.807, 2.05) is 0 Å². The number of ether oxygens (including phenoxy) is 2. The van der Waals surface area contributed by atoms with Crippen molar-refractivity contribution in [3.8, 4) is 11.5 Å². The standard InChI is InChI=1S/C18H15BFN4O3/c20-14-10-21-18(23-13-4-5-15-16(9-13)27-7-6-26-15)24-17(14)22-12-3-1-2-11(8-12)19-25/h1-5,8-10,25H,6-7H2,(H2,21,22,23,24). The molecule has 4 rings (SSSR count). The maximum atomic E-state index is 14.1. The minimum Gasteiger partial charge on any atom is -0.486 e. The summed E-state index contributed by atoms with van der Waals surface area (Å²) < 4.78 is 25.1. The van der Waals surface area contributed by atoms with Crippen molar-refractivity contribution in [2.75, 3.05) is 23.8 Å². The van der Waals surface area contributed by atoms with Gasteiger partial charge in [-0.05, 0) is 24.3 Å². The molecule has 1 aromatic heterocycles. The van der Waals surface area contributed by atoms with Crippen LogP contribution < -0.4 is 25.6 Å². The molecule has 0 amide bonds. The molecule has 27 heavy (non-hydrogen) atoms. The molecule has 0 saturated heterocycles. The van der Waals surface area contributed by atoms with Gasteiger partial charge in [0.05, 0.1) is 6.20 Å². The van der Waals surface area contributed by atoms with Gasteiger partial charge in [0.25, 0.3) is 0 Å². The van der Waals surface area contributed by atoms with Crippen LogP contribution >= 0.6 is 0 Å². The van der Waals surface area contributed by atoms with Crippen LogP contribution in [0.15, 0.2) is 48.7 Å². The van der Waals surface area contributed by atoms with Crippen molar-refractivity contribution in [3.63, 3.8) is 0 Å². The van der Waals surface area contributed by atoms with Crippen molar-refractivity contribution < 1.29 is 18.9 Å². The molecule has 0 fully saturated rings. The maximum Gasteiger partial charge on any atom is 0.326 e. The smallest absolute Gasteiger partial charge is 0.326 e. The third-order valence-electron chi connectivity index (χ3n) is 3.84. The van der Waals surface area contributed by atoms with Gasteiger partial charge in [-0.3, -0.25) is 0 Å². The Bertz CT molecular complexity index is 973. The third kappa shape index (κ3) is 3.93. The number of fused-ring (bicyclic) bond motifs is 1. The van der Waals surface area contributed by atoms with Gasteiger partial charge in [-0.25, -0.2) is 9.37 Å². The lowest BCUT2D eigenvalue weighted by molar-refractivity contribution is 0.171. The number of aromatic nitrogens is 2. The highest BCUT2D eigenvalue weighted by Crippen LogP contribution is 2.33. The second kappa shape index (κ2) is 7.51. The lowest BCUT2D eigenvalue weighted by Gasteiger charge is -2.19. The summed E-state index contributed by atoms with van der Waals surface area (Å²) in [4.78, 5) is 8.14. The van der Waals surface area contributed by atoms with Crippen molar-refractivity contribution in [2.45, 2.75) is 0 Å². The number of hydrogen-bond donors (Lipinski definition) is 3. The van der Waals surface area contributed by atoms with Gasteiger partial charge in [0.1, 0.15) is 13.2 Å². The molecule has 1 aliphatic rings. The van der Waals surface area contributed by atoms with Crippen molar-refractivity contribution in [1.29, 1.82) is 0 Å². The van der Waals surface area contributed by atoms with Crippen LogP contribution in [0.5, 0.6) is 11.5 Å². The van der Waals surface area contributed by atoms with Crippen LogP contribution in [-0.2, 0) is 0 Å². The molecule has 2 heterocycles. The predicted octanol–water partition coefficient (Wildman–Crippen LogP) is 2.11. The molecule has 9 heteroatoms. The van der Waals surface area contributed by atoms with Crippen LogP contribution in [0.1, 0.15) is 0 Å². The lowest BCUT2D eigenvalue weighted by atomic mass is 9.89. The van der Waals surface area contributed by atoms with E-state index in [0.717, 1.165) is 13.7 Å². The Morgan fingerprint density at radius 2 is 1.81 bits per heavy atom. The van der Waals surface area contributed by atoms with Crippen LogP contribution in [0.4, 0.5) is 27.5 Å². The highest BCUT2D eigenvalue weighted by Gasteiger charge is 2.13. The Morgan fingerprint density at radius 3 is 2.67 bits per heavy atom. The van der Waals surface area contributed by atoms with E-state index in [2.05, 4.69) is 20.6 Å². The van der Waals surface area contributed by atoms with Crippen molar-refractivity contribution in [1.82, 2.24) is 9.97 Å². The normalized spacial score (nSPS) is 12.4. The fourth-order valence-corrected chi connectivity index (χ4v) is 2.60. The Hall–Kier alpha value is -3.33. The minimum atomic E-state index is -0.596. The molecule has 0 saturated carbocycles. The second-order valence-electron chi connectivity index (χ2n) is 5.75. The van der Waals surface area contributed by atoms with Crippen LogP contribution in [0.25, 0.3) is 0 Å². The van der Waals surface area contributed by atoms with Crippen molar-refractivity contribution in [2.24, 2.45) is 0 Å². The van der Waals surface area contributed by atoms with Crippen LogP contribution in [-0.4, -0.2) is 35.7 Å². The van der Waals surface area contributed by atoms with Gasteiger partial charge < -0.3 is 25.1 Å². The van der Waals surface area contributed by atoms with E-state index in [-0.39, 0.29) is 11.8 Å². The van der Waals surface area contributed by atoms with E-state index in [4.69, 9.17) is 14.5 Å². The third-order valence-corrected chi connectivity index (χ3v) is 3.84. The van der Waals surface area contributed by atoms with E-state index in [1.165, 1.54) is 0 Å². The fourth-order valence-electron chi connectivity index (χ4n) is 2.60. The van der Waals surface area contributed by atoms with Gasteiger partial charge in [0.2, 0.25) is 5.95 Å². The summed E-state index contributed by atoms with van der Waals surface area (Å²) in [5, 5.41) is 15.0. The summed E-state index contributed by atoms with van der Waals surface area (Å²) in [6.07, 6.45) is 1.08. The van der Waals surface area contributed by atoms with Gasteiger partial charge >= 0.3 is 7.48 Å². The van der Waals surface area contributed by atoms with E-state index in [1.54, 1.807) is 42.5 Å². The zero-order valence-corrected chi connectivity index (χ0v) is 14.1. The molecule has 3 N–H and O–H groups in total. The number of nitrogens with zero attached hydrogens (tertiary/aromatic N) is 2. The van der Waals surface area contributed by atoms with Gasteiger partial charge in [-0.1, -0.05) is 17.6 Å². The summed E-state index contributed by atoms with van der Waals surface area (Å²) in [6.45, 7) is 1.01. The molecular formula is C18H15BFN4O3. The van der Waals surface area contributed by atoms with E-state index in [9.17, 15) is 4.39 Å². The first-order valence-electron chi connectivity index (χ1n) is 8.25. The zero-order valence-electron chi connectivity index (χ0n) is 14.1. The summed E-state index contributed by atoms with van der Waals surface area (Å²) in [5.74, 6) is 0.945. The lowest BCUT2D eigenvalue weighted by Crippen LogP contribution is -2.15. The molecule has 2 aromatic carbocycles. The molecule has 135 valence electrons. The van der Waals surface area contributed by atoms with Crippen molar-refractivity contribution >= 4 is 36.1 Å². The molecule has 1 radical (unpaired) electrons. The molecule has 0 atom stereocenters. The molecule has 0 bridgehead atoms. The zero-order chi connectivity index (χ0) is 18.6. The summed E-state index contributed by atoms with van der Waals surface area (Å²) in [5.41, 5.74) is 1.86. The predicted molar refractivity (Wildman–Crippen MR) is 100 cm³/mol. The fraction of sp³-hybridized carbons (Fsp3) is 0.111. The Labute approximate surface area is 155 Å². The van der Waals surface area contributed by atoms with Gasteiger partial charge in [0.15, 0.2) is 23.1 Å². The second-order valence-corrected chi connectivity index (χ2v) is 5.75. The highest BCUT2D eigenvalue weighted by atomic mass is 19.1. The molecule has 7 nitrogen and oxygen atoms in total. The van der Waals surface area contributed by atoms with Gasteiger partial charge in [-0.15, -0.1) is 0 Å². The SMILES string of the molecule is O[B]c1cccc(Nc2nc(Nc3ccc4c(c3)OCCO4)ncc2F)c1.